The van der Waals surface area contributed by atoms with Crippen LogP contribution in [0, 0.1) is 10.1 Å². The lowest BCUT2D eigenvalue weighted by Crippen LogP contribution is -2.20. The van der Waals surface area contributed by atoms with Crippen molar-refractivity contribution in [2.24, 2.45) is 4.99 Å². The van der Waals surface area contributed by atoms with Crippen LogP contribution < -0.4 is 9.54 Å². The maximum absolute atomic E-state index is 12.6. The number of amides is 1. The molecule has 1 heterocycles. The molecule has 1 aromatic heterocycles. The number of aromatic nitrogens is 1. The Morgan fingerprint density at radius 3 is 2.83 bits per heavy atom. The zero-order valence-corrected chi connectivity index (χ0v) is 17.0. The largest absolute Gasteiger partial charge is 0.497 e. The van der Waals surface area contributed by atoms with E-state index in [1.54, 1.807) is 19.2 Å². The van der Waals surface area contributed by atoms with E-state index in [9.17, 15) is 14.9 Å². The average molecular weight is 415 g/mol. The lowest BCUT2D eigenvalue weighted by molar-refractivity contribution is -0.384. The number of nitro benzene ring substituents is 1. The number of carbonyl (C=O) groups is 1. The van der Waals surface area contributed by atoms with Gasteiger partial charge in [0, 0.05) is 25.3 Å². The Bertz CT molecular complexity index is 1100. The van der Waals surface area contributed by atoms with Gasteiger partial charge < -0.3 is 14.0 Å². The maximum atomic E-state index is 12.6. The highest BCUT2D eigenvalue weighted by Crippen LogP contribution is 2.23. The van der Waals surface area contributed by atoms with E-state index in [4.69, 9.17) is 9.47 Å². The molecule has 0 aliphatic carbocycles. The molecule has 0 fully saturated rings. The third-order valence-corrected chi connectivity index (χ3v) is 5.29. The first kappa shape index (κ1) is 20.7. The highest BCUT2D eigenvalue weighted by Gasteiger charge is 2.13. The zero-order valence-electron chi connectivity index (χ0n) is 16.2. The van der Waals surface area contributed by atoms with Crippen LogP contribution in [-0.2, 0) is 22.5 Å². The first-order valence-electron chi connectivity index (χ1n) is 9.08. The van der Waals surface area contributed by atoms with Gasteiger partial charge in [0.1, 0.15) is 5.75 Å². The van der Waals surface area contributed by atoms with Crippen LogP contribution in [-0.4, -0.2) is 35.7 Å². The molecule has 3 aromatic rings. The van der Waals surface area contributed by atoms with Crippen LogP contribution in [0.2, 0.25) is 0 Å². The molecule has 2 aromatic carbocycles. The van der Waals surface area contributed by atoms with E-state index in [2.05, 4.69) is 4.99 Å². The number of thiazole rings is 1. The quantitative estimate of drug-likeness (QED) is 0.319. The number of nitro groups is 1. The third-order valence-electron chi connectivity index (χ3n) is 4.25. The van der Waals surface area contributed by atoms with E-state index in [0.29, 0.717) is 35.0 Å². The summed E-state index contributed by atoms with van der Waals surface area (Å²) >= 11 is 1.25. The Morgan fingerprint density at radius 2 is 2.10 bits per heavy atom. The number of benzene rings is 2. The molecule has 0 unspecified atom stereocenters. The van der Waals surface area contributed by atoms with Crippen molar-refractivity contribution < 1.29 is 19.2 Å². The van der Waals surface area contributed by atoms with Crippen LogP contribution in [0.15, 0.2) is 47.5 Å². The predicted octanol–water partition coefficient (Wildman–Crippen LogP) is 3.33. The highest BCUT2D eigenvalue weighted by molar-refractivity contribution is 7.16. The van der Waals surface area contributed by atoms with Gasteiger partial charge in [-0.1, -0.05) is 23.5 Å². The maximum Gasteiger partial charge on any atom is 0.270 e. The minimum atomic E-state index is -0.436. The zero-order chi connectivity index (χ0) is 20.8. The summed E-state index contributed by atoms with van der Waals surface area (Å²) < 4.78 is 13.2. The van der Waals surface area contributed by atoms with E-state index in [1.165, 1.54) is 23.5 Å². The molecule has 0 aliphatic rings. The standard InChI is InChI=1S/C20H21N3O5S/c1-3-28-10-9-22-17-8-7-15(23(25)26)13-18(17)29-20(22)21-19(24)12-14-5-4-6-16(11-14)27-2/h4-8,11,13H,3,9-10,12H2,1-2H3. The molecule has 8 nitrogen and oxygen atoms in total. The fraction of sp³-hybridized carbons (Fsp3) is 0.300. The number of nitrogens with zero attached hydrogens (tertiary/aromatic N) is 3. The molecule has 1 amide bonds. The first-order valence-corrected chi connectivity index (χ1v) is 9.89. The number of hydrogen-bond acceptors (Lipinski definition) is 6. The average Bonchev–Trinajstić information content (AvgIpc) is 3.04. The molecule has 9 heteroatoms. The monoisotopic (exact) mass is 415 g/mol. The number of fused-ring (bicyclic) bond motifs is 1. The molecule has 0 saturated carbocycles. The van der Waals surface area contributed by atoms with Crippen molar-refractivity contribution in [2.75, 3.05) is 20.3 Å². The summed E-state index contributed by atoms with van der Waals surface area (Å²) in [5.74, 6) is 0.376. The van der Waals surface area contributed by atoms with E-state index in [0.717, 1.165) is 11.1 Å². The number of ether oxygens (including phenoxy) is 2. The minimum Gasteiger partial charge on any atom is -0.497 e. The van der Waals surface area contributed by atoms with Crippen molar-refractivity contribution in [3.63, 3.8) is 0 Å². The molecule has 0 atom stereocenters. The van der Waals surface area contributed by atoms with E-state index < -0.39 is 4.92 Å². The molecule has 0 bridgehead atoms. The van der Waals surface area contributed by atoms with Crippen molar-refractivity contribution in [3.8, 4) is 5.75 Å². The summed E-state index contributed by atoms with van der Waals surface area (Å²) in [5, 5.41) is 11.1. The SMILES string of the molecule is CCOCCn1c(=NC(=O)Cc2cccc(OC)c2)sc2cc([N+](=O)[O-])ccc21. The van der Waals surface area contributed by atoms with Gasteiger partial charge in [0.25, 0.3) is 11.6 Å². The Hall–Kier alpha value is -3.04. The normalized spacial score (nSPS) is 11.7. The molecule has 0 radical (unpaired) electrons. The summed E-state index contributed by atoms with van der Waals surface area (Å²) in [7, 11) is 1.57. The topological polar surface area (TPSA) is 96.0 Å². The summed E-state index contributed by atoms with van der Waals surface area (Å²) in [4.78, 5) is 28.0. The molecular weight excluding hydrogens is 394 g/mol. The Morgan fingerprint density at radius 1 is 1.28 bits per heavy atom. The molecule has 0 spiro atoms. The van der Waals surface area contributed by atoms with Gasteiger partial charge in [0.15, 0.2) is 4.80 Å². The van der Waals surface area contributed by atoms with E-state index >= 15 is 0 Å². The second-order valence-corrected chi connectivity index (χ2v) is 7.19. The number of carbonyl (C=O) groups excluding carboxylic acids is 1. The van der Waals surface area contributed by atoms with Gasteiger partial charge in [-0.2, -0.15) is 4.99 Å². The van der Waals surface area contributed by atoms with Gasteiger partial charge in [0.2, 0.25) is 0 Å². The van der Waals surface area contributed by atoms with Crippen molar-refractivity contribution in [1.29, 1.82) is 0 Å². The Kier molecular flexibility index (Phi) is 6.73. The Balaban J connectivity index is 1.97. The number of non-ortho nitro benzene ring substituents is 1. The van der Waals surface area contributed by atoms with Crippen LogP contribution in [0.4, 0.5) is 5.69 Å². The van der Waals surface area contributed by atoms with Crippen LogP contribution in [0.25, 0.3) is 10.2 Å². The smallest absolute Gasteiger partial charge is 0.270 e. The molecular formula is C20H21N3O5S. The third kappa shape index (κ3) is 5.07. The van der Waals surface area contributed by atoms with Gasteiger partial charge in [-0.25, -0.2) is 0 Å². The fourth-order valence-electron chi connectivity index (χ4n) is 2.88. The van der Waals surface area contributed by atoms with Gasteiger partial charge in [0.05, 0.1) is 35.3 Å². The van der Waals surface area contributed by atoms with Crippen molar-refractivity contribution in [1.82, 2.24) is 4.57 Å². The number of hydrogen-bond donors (Lipinski definition) is 0. The van der Waals surface area contributed by atoms with Crippen LogP contribution in [0.5, 0.6) is 5.75 Å². The molecule has 3 rings (SSSR count). The first-order chi connectivity index (χ1) is 14.0. The lowest BCUT2D eigenvalue weighted by atomic mass is 10.1. The number of rotatable bonds is 8. The van der Waals surface area contributed by atoms with Crippen LogP contribution in [0.3, 0.4) is 0 Å². The fourth-order valence-corrected chi connectivity index (χ4v) is 3.99. The summed E-state index contributed by atoms with van der Waals surface area (Å²) in [6.45, 7) is 3.44. The summed E-state index contributed by atoms with van der Waals surface area (Å²) in [5.41, 5.74) is 1.59. The summed E-state index contributed by atoms with van der Waals surface area (Å²) in [6.07, 6.45) is 0.136. The van der Waals surface area contributed by atoms with Gasteiger partial charge in [-0.15, -0.1) is 0 Å². The van der Waals surface area contributed by atoms with Crippen LogP contribution in [0.1, 0.15) is 12.5 Å². The lowest BCUT2D eigenvalue weighted by Gasteiger charge is -2.05. The molecule has 0 N–H and O–H groups in total. The second-order valence-electron chi connectivity index (χ2n) is 6.18. The van der Waals surface area contributed by atoms with Crippen LogP contribution >= 0.6 is 11.3 Å². The van der Waals surface area contributed by atoms with E-state index in [-0.39, 0.29) is 18.0 Å². The molecule has 29 heavy (non-hydrogen) atoms. The summed E-state index contributed by atoms with van der Waals surface area (Å²) in [6, 6.07) is 11.9. The Labute approximate surface area is 171 Å². The van der Waals surface area contributed by atoms with Gasteiger partial charge in [-0.3, -0.25) is 14.9 Å². The minimum absolute atomic E-state index is 0.00460. The van der Waals surface area contributed by atoms with Crippen molar-refractivity contribution in [2.45, 2.75) is 19.9 Å². The number of methoxy groups -OCH3 is 1. The van der Waals surface area contributed by atoms with Gasteiger partial charge >= 0.3 is 0 Å². The van der Waals surface area contributed by atoms with Crippen molar-refractivity contribution in [3.05, 3.63) is 62.9 Å². The van der Waals surface area contributed by atoms with Gasteiger partial charge in [-0.05, 0) is 30.7 Å². The second kappa shape index (κ2) is 9.44. The molecule has 0 aliphatic heterocycles. The van der Waals surface area contributed by atoms with Crippen molar-refractivity contribution >= 4 is 33.1 Å². The molecule has 0 saturated heterocycles. The molecule has 152 valence electrons. The predicted molar refractivity (Wildman–Crippen MR) is 110 cm³/mol. The highest BCUT2D eigenvalue weighted by atomic mass is 32.1. The van der Waals surface area contributed by atoms with E-state index in [1.807, 2.05) is 29.7 Å².